The molecular weight excluding hydrogens is 302 g/mol. The van der Waals surface area contributed by atoms with E-state index in [1.165, 1.54) is 5.56 Å². The lowest BCUT2D eigenvalue weighted by molar-refractivity contribution is 0.193. The summed E-state index contributed by atoms with van der Waals surface area (Å²) < 4.78 is 5.55. The minimum atomic E-state index is -0.0646. The van der Waals surface area contributed by atoms with Gasteiger partial charge in [0.15, 0.2) is 0 Å². The Balaban J connectivity index is 1.64. The number of nitrogens with one attached hydrogen (secondary N) is 1. The quantitative estimate of drug-likeness (QED) is 0.938. The van der Waals surface area contributed by atoms with Crippen LogP contribution < -0.4 is 5.32 Å². The molecule has 2 aromatic rings. The van der Waals surface area contributed by atoms with Crippen LogP contribution in [0.1, 0.15) is 29.5 Å². The van der Waals surface area contributed by atoms with E-state index in [9.17, 15) is 4.79 Å². The predicted octanol–water partition coefficient (Wildman–Crippen LogP) is 3.17. The number of likely N-dealkylation sites (tertiary alicyclic amines) is 1. The number of nitrogens with zero attached hydrogens (tertiary/aromatic N) is 2. The molecule has 0 spiro atoms. The third-order valence-electron chi connectivity index (χ3n) is 4.63. The topological polar surface area (TPSA) is 48.7 Å². The van der Waals surface area contributed by atoms with Gasteiger partial charge in [-0.25, -0.2) is 4.79 Å². The Morgan fingerprint density at radius 1 is 1.29 bits per heavy atom. The van der Waals surface area contributed by atoms with E-state index in [1.54, 1.807) is 11.9 Å². The standard InChI is InChI=1S/C19H25N3O2/c1-14-9-10-16(24-14)13-22(3)19(23)20-17-11-12-21(2)18(17)15-7-5-4-6-8-15/h4-10,17-18H,11-13H2,1-3H3,(H,20,23)/t17-,18-/m1/s1. The van der Waals surface area contributed by atoms with Crippen LogP contribution >= 0.6 is 0 Å². The number of aryl methyl sites for hydroxylation is 1. The van der Waals surface area contributed by atoms with Gasteiger partial charge in [0.2, 0.25) is 0 Å². The molecule has 0 aliphatic carbocycles. The molecule has 128 valence electrons. The number of hydrogen-bond donors (Lipinski definition) is 1. The summed E-state index contributed by atoms with van der Waals surface area (Å²) in [7, 11) is 3.91. The lowest BCUT2D eigenvalue weighted by Gasteiger charge is -2.28. The Bertz CT molecular complexity index is 683. The molecule has 2 amide bonds. The van der Waals surface area contributed by atoms with Gasteiger partial charge in [-0.05, 0) is 38.1 Å². The maximum Gasteiger partial charge on any atom is 0.317 e. The minimum absolute atomic E-state index is 0.0646. The molecular formula is C19H25N3O2. The zero-order chi connectivity index (χ0) is 17.1. The number of benzene rings is 1. The molecule has 2 atom stereocenters. The molecule has 0 saturated carbocycles. The van der Waals surface area contributed by atoms with Crippen LogP contribution in [0.3, 0.4) is 0 Å². The van der Waals surface area contributed by atoms with Gasteiger partial charge in [-0.3, -0.25) is 4.90 Å². The number of amides is 2. The van der Waals surface area contributed by atoms with E-state index >= 15 is 0 Å². The monoisotopic (exact) mass is 327 g/mol. The normalized spacial score (nSPS) is 21.0. The molecule has 1 N–H and O–H groups in total. The summed E-state index contributed by atoms with van der Waals surface area (Å²) in [6.45, 7) is 3.35. The third kappa shape index (κ3) is 3.62. The van der Waals surface area contributed by atoms with Crippen LogP contribution in [0, 0.1) is 6.92 Å². The highest BCUT2D eigenvalue weighted by Gasteiger charge is 2.34. The van der Waals surface area contributed by atoms with Crippen LogP contribution in [0.2, 0.25) is 0 Å². The molecule has 5 heteroatoms. The number of carbonyl (C=O) groups is 1. The first kappa shape index (κ1) is 16.6. The SMILES string of the molecule is Cc1ccc(CN(C)C(=O)N[C@@H]2CCN(C)[C@@H]2c2ccccc2)o1. The number of furan rings is 1. The fourth-order valence-corrected chi connectivity index (χ4v) is 3.38. The first-order valence-electron chi connectivity index (χ1n) is 8.36. The number of carbonyl (C=O) groups excluding carboxylic acids is 1. The van der Waals surface area contributed by atoms with Crippen molar-refractivity contribution in [2.75, 3.05) is 20.6 Å². The van der Waals surface area contributed by atoms with Crippen LogP contribution in [0.15, 0.2) is 46.9 Å². The van der Waals surface area contributed by atoms with Gasteiger partial charge in [0.1, 0.15) is 11.5 Å². The van der Waals surface area contributed by atoms with Crippen molar-refractivity contribution < 1.29 is 9.21 Å². The summed E-state index contributed by atoms with van der Waals surface area (Å²) in [5, 5.41) is 3.19. The third-order valence-corrected chi connectivity index (χ3v) is 4.63. The van der Waals surface area contributed by atoms with Crippen LogP contribution in [0.25, 0.3) is 0 Å². The lowest BCUT2D eigenvalue weighted by atomic mass is 10.0. The summed E-state index contributed by atoms with van der Waals surface area (Å²) in [6.07, 6.45) is 0.954. The highest BCUT2D eigenvalue weighted by Crippen LogP contribution is 2.30. The average molecular weight is 327 g/mol. The van der Waals surface area contributed by atoms with Crippen molar-refractivity contribution in [2.45, 2.75) is 32.0 Å². The summed E-state index contributed by atoms with van der Waals surface area (Å²) in [6, 6.07) is 14.5. The summed E-state index contributed by atoms with van der Waals surface area (Å²) in [5.41, 5.74) is 1.24. The molecule has 0 unspecified atom stereocenters. The van der Waals surface area contributed by atoms with E-state index in [1.807, 2.05) is 37.3 Å². The van der Waals surface area contributed by atoms with Gasteiger partial charge in [0.05, 0.1) is 18.6 Å². The fourth-order valence-electron chi connectivity index (χ4n) is 3.38. The van der Waals surface area contributed by atoms with Crippen LogP contribution in [-0.4, -0.2) is 42.5 Å². The van der Waals surface area contributed by atoms with Crippen LogP contribution in [0.4, 0.5) is 4.79 Å². The molecule has 1 aromatic heterocycles. The molecule has 0 radical (unpaired) electrons. The molecule has 2 heterocycles. The Labute approximate surface area is 143 Å². The smallest absolute Gasteiger partial charge is 0.317 e. The number of hydrogen-bond acceptors (Lipinski definition) is 3. The molecule has 1 fully saturated rings. The number of rotatable bonds is 4. The van der Waals surface area contributed by atoms with Crippen molar-refractivity contribution >= 4 is 6.03 Å². The van der Waals surface area contributed by atoms with Crippen LogP contribution in [0.5, 0.6) is 0 Å². The van der Waals surface area contributed by atoms with E-state index in [0.29, 0.717) is 6.54 Å². The van der Waals surface area contributed by atoms with E-state index in [0.717, 1.165) is 24.5 Å². The van der Waals surface area contributed by atoms with Crippen molar-refractivity contribution in [3.05, 3.63) is 59.5 Å². The summed E-state index contributed by atoms with van der Waals surface area (Å²) in [5.74, 6) is 1.66. The highest BCUT2D eigenvalue weighted by atomic mass is 16.3. The summed E-state index contributed by atoms with van der Waals surface area (Å²) in [4.78, 5) is 16.5. The fraction of sp³-hybridized carbons (Fsp3) is 0.421. The molecule has 1 aliphatic heterocycles. The predicted molar refractivity (Wildman–Crippen MR) is 93.7 cm³/mol. The van der Waals surface area contributed by atoms with Gasteiger partial charge in [-0.2, -0.15) is 0 Å². The van der Waals surface area contributed by atoms with Gasteiger partial charge in [0, 0.05) is 13.6 Å². The highest BCUT2D eigenvalue weighted by molar-refractivity contribution is 5.74. The van der Waals surface area contributed by atoms with Crippen molar-refractivity contribution in [1.82, 2.24) is 15.1 Å². The Hall–Kier alpha value is -2.27. The zero-order valence-corrected chi connectivity index (χ0v) is 14.5. The lowest BCUT2D eigenvalue weighted by Crippen LogP contribution is -2.44. The van der Waals surface area contributed by atoms with E-state index in [2.05, 4.69) is 29.4 Å². The van der Waals surface area contributed by atoms with E-state index < -0.39 is 0 Å². The molecule has 24 heavy (non-hydrogen) atoms. The molecule has 1 aliphatic rings. The van der Waals surface area contributed by atoms with Crippen LogP contribution in [-0.2, 0) is 6.54 Å². The number of likely N-dealkylation sites (N-methyl/N-ethyl adjacent to an activating group) is 1. The van der Waals surface area contributed by atoms with Crippen molar-refractivity contribution in [1.29, 1.82) is 0 Å². The first-order chi connectivity index (χ1) is 11.5. The summed E-state index contributed by atoms with van der Waals surface area (Å²) >= 11 is 0. The average Bonchev–Trinajstić information content (AvgIpc) is 3.14. The maximum atomic E-state index is 12.5. The van der Waals surface area contributed by atoms with Gasteiger partial charge in [0.25, 0.3) is 0 Å². The largest absolute Gasteiger partial charge is 0.464 e. The molecule has 1 saturated heterocycles. The number of urea groups is 1. The minimum Gasteiger partial charge on any atom is -0.464 e. The zero-order valence-electron chi connectivity index (χ0n) is 14.5. The van der Waals surface area contributed by atoms with Crippen molar-refractivity contribution in [3.8, 4) is 0 Å². The Kier molecular flexibility index (Phi) is 4.90. The Morgan fingerprint density at radius 2 is 2.04 bits per heavy atom. The van der Waals surface area contributed by atoms with Crippen molar-refractivity contribution in [2.24, 2.45) is 0 Å². The van der Waals surface area contributed by atoms with Gasteiger partial charge < -0.3 is 14.6 Å². The molecule has 5 nitrogen and oxygen atoms in total. The maximum absolute atomic E-state index is 12.5. The van der Waals surface area contributed by atoms with Gasteiger partial charge in [-0.15, -0.1) is 0 Å². The van der Waals surface area contributed by atoms with E-state index in [-0.39, 0.29) is 18.1 Å². The second kappa shape index (κ2) is 7.09. The molecule has 0 bridgehead atoms. The van der Waals surface area contributed by atoms with Gasteiger partial charge >= 0.3 is 6.03 Å². The molecule has 3 rings (SSSR count). The second-order valence-electron chi connectivity index (χ2n) is 6.55. The van der Waals surface area contributed by atoms with Gasteiger partial charge in [-0.1, -0.05) is 30.3 Å². The Morgan fingerprint density at radius 3 is 2.71 bits per heavy atom. The first-order valence-corrected chi connectivity index (χ1v) is 8.36. The van der Waals surface area contributed by atoms with E-state index in [4.69, 9.17) is 4.42 Å². The molecule has 1 aromatic carbocycles. The van der Waals surface area contributed by atoms with Crippen molar-refractivity contribution in [3.63, 3.8) is 0 Å². The second-order valence-corrected chi connectivity index (χ2v) is 6.55.